The molecule has 2 N–H and O–H groups in total. The van der Waals surface area contributed by atoms with Crippen LogP contribution in [0.1, 0.15) is 29.6 Å². The lowest BCUT2D eigenvalue weighted by atomic mass is 10.1. The number of benzene rings is 1. The van der Waals surface area contributed by atoms with Gasteiger partial charge in [-0.05, 0) is 43.4 Å². The van der Waals surface area contributed by atoms with E-state index in [1.54, 1.807) is 18.2 Å². The Balaban J connectivity index is 1.89. The summed E-state index contributed by atoms with van der Waals surface area (Å²) in [5, 5.41) is 0.493. The Hall–Kier alpha value is -1.22. The second-order valence-corrected chi connectivity index (χ2v) is 5.44. The van der Waals surface area contributed by atoms with Crippen LogP contribution < -0.4 is 5.73 Å². The molecule has 1 aliphatic carbocycles. The lowest BCUT2D eigenvalue weighted by Gasteiger charge is -2.27. The maximum absolute atomic E-state index is 12.4. The summed E-state index contributed by atoms with van der Waals surface area (Å²) in [7, 11) is 0. The molecule has 0 aromatic heterocycles. The number of halogens is 1. The summed E-state index contributed by atoms with van der Waals surface area (Å²) >= 11 is 6.07. The number of hydrogen-bond donors (Lipinski definition) is 1. The summed E-state index contributed by atoms with van der Waals surface area (Å²) in [5.74, 6) is 0.735. The summed E-state index contributed by atoms with van der Waals surface area (Å²) in [6.45, 7) is 0.884. The minimum absolute atomic E-state index is 0.0366. The van der Waals surface area contributed by atoms with Crippen LogP contribution in [0.5, 0.6) is 0 Å². The van der Waals surface area contributed by atoms with Crippen LogP contribution in [0, 0.1) is 5.92 Å². The van der Waals surface area contributed by atoms with Crippen LogP contribution in [0.25, 0.3) is 0 Å². The molecule has 1 amide bonds. The van der Waals surface area contributed by atoms with Crippen LogP contribution in [0.4, 0.5) is 5.69 Å². The highest BCUT2D eigenvalue weighted by atomic mass is 35.5. The van der Waals surface area contributed by atoms with E-state index in [1.807, 2.05) is 4.90 Å². The molecule has 4 heteroatoms. The lowest BCUT2D eigenvalue weighted by molar-refractivity contribution is 0.0704. The van der Waals surface area contributed by atoms with Crippen LogP contribution in [0.3, 0.4) is 0 Å². The van der Waals surface area contributed by atoms with Crippen molar-refractivity contribution >= 4 is 23.2 Å². The topological polar surface area (TPSA) is 46.3 Å². The van der Waals surface area contributed by atoms with Gasteiger partial charge in [0.15, 0.2) is 0 Å². The normalized spacial score (nSPS) is 26.5. The van der Waals surface area contributed by atoms with Crippen LogP contribution in [0.2, 0.25) is 5.02 Å². The van der Waals surface area contributed by atoms with Crippen molar-refractivity contribution in [2.75, 3.05) is 12.3 Å². The van der Waals surface area contributed by atoms with Gasteiger partial charge in [-0.3, -0.25) is 4.79 Å². The van der Waals surface area contributed by atoms with Gasteiger partial charge in [-0.25, -0.2) is 0 Å². The first-order valence-electron chi connectivity index (χ1n) is 6.01. The quantitative estimate of drug-likeness (QED) is 0.779. The van der Waals surface area contributed by atoms with Crippen molar-refractivity contribution in [2.24, 2.45) is 5.92 Å². The molecule has 2 fully saturated rings. The number of likely N-dealkylation sites (tertiary alicyclic amines) is 1. The summed E-state index contributed by atoms with van der Waals surface area (Å²) < 4.78 is 0. The third-order valence-corrected chi connectivity index (χ3v) is 4.22. The summed E-state index contributed by atoms with van der Waals surface area (Å²) in [4.78, 5) is 14.4. The molecule has 2 aliphatic rings. The molecular formula is C13H15ClN2O. The number of anilines is 1. The fourth-order valence-corrected chi connectivity index (χ4v) is 3.23. The minimum Gasteiger partial charge on any atom is -0.399 e. The maximum Gasteiger partial charge on any atom is 0.255 e. The van der Waals surface area contributed by atoms with E-state index in [0.717, 1.165) is 19.4 Å². The second kappa shape index (κ2) is 3.91. The highest BCUT2D eigenvalue weighted by molar-refractivity contribution is 6.34. The third-order valence-electron chi connectivity index (χ3n) is 3.89. The first-order chi connectivity index (χ1) is 8.15. The molecule has 2 atom stereocenters. The number of rotatable bonds is 1. The van der Waals surface area contributed by atoms with Crippen molar-refractivity contribution in [2.45, 2.75) is 25.3 Å². The number of carbonyl (C=O) groups excluding carboxylic acids is 1. The van der Waals surface area contributed by atoms with Gasteiger partial charge >= 0.3 is 0 Å². The highest BCUT2D eigenvalue weighted by Gasteiger charge is 2.40. The van der Waals surface area contributed by atoms with E-state index >= 15 is 0 Å². The molecule has 1 heterocycles. The smallest absolute Gasteiger partial charge is 0.255 e. The van der Waals surface area contributed by atoms with Gasteiger partial charge in [0.05, 0.1) is 10.6 Å². The fraction of sp³-hybridized carbons (Fsp3) is 0.462. The van der Waals surface area contributed by atoms with E-state index < -0.39 is 0 Å². The molecule has 90 valence electrons. The number of hydrogen-bond acceptors (Lipinski definition) is 2. The lowest BCUT2D eigenvalue weighted by Crippen LogP contribution is -2.37. The van der Waals surface area contributed by atoms with Crippen molar-refractivity contribution in [3.05, 3.63) is 28.8 Å². The third kappa shape index (κ3) is 1.78. The van der Waals surface area contributed by atoms with Crippen LogP contribution in [-0.2, 0) is 0 Å². The number of piperidine rings is 1. The van der Waals surface area contributed by atoms with Gasteiger partial charge in [0.1, 0.15) is 0 Å². The van der Waals surface area contributed by atoms with Crippen molar-refractivity contribution in [1.82, 2.24) is 4.90 Å². The average Bonchev–Trinajstić information content (AvgIpc) is 2.93. The zero-order chi connectivity index (χ0) is 12.0. The number of nitrogen functional groups attached to an aromatic ring is 1. The molecule has 2 unspecified atom stereocenters. The number of fused-ring (bicyclic) bond motifs is 2. The van der Waals surface area contributed by atoms with Gasteiger partial charge in [0.25, 0.3) is 5.91 Å². The van der Waals surface area contributed by atoms with E-state index in [1.165, 1.54) is 6.42 Å². The molecule has 1 aromatic carbocycles. The zero-order valence-electron chi connectivity index (χ0n) is 9.53. The molecule has 1 saturated heterocycles. The van der Waals surface area contributed by atoms with Gasteiger partial charge in [-0.15, -0.1) is 0 Å². The molecule has 3 rings (SSSR count). The Morgan fingerprint density at radius 2 is 2.24 bits per heavy atom. The molecule has 17 heavy (non-hydrogen) atoms. The van der Waals surface area contributed by atoms with Gasteiger partial charge in [0.2, 0.25) is 0 Å². The Labute approximate surface area is 106 Å². The first kappa shape index (κ1) is 10.9. The SMILES string of the molecule is Nc1ccc(Cl)c(C(=O)N2CC3CCC2C3)c1. The van der Waals surface area contributed by atoms with E-state index in [4.69, 9.17) is 17.3 Å². The largest absolute Gasteiger partial charge is 0.399 e. The average molecular weight is 251 g/mol. The Morgan fingerprint density at radius 3 is 2.88 bits per heavy atom. The number of amides is 1. The molecule has 1 saturated carbocycles. The van der Waals surface area contributed by atoms with E-state index in [0.29, 0.717) is 28.2 Å². The molecule has 1 aliphatic heterocycles. The van der Waals surface area contributed by atoms with Crippen LogP contribution in [0.15, 0.2) is 18.2 Å². The monoisotopic (exact) mass is 250 g/mol. The van der Waals surface area contributed by atoms with Crippen molar-refractivity contribution in [1.29, 1.82) is 0 Å². The predicted octanol–water partition coefficient (Wildman–Crippen LogP) is 2.55. The predicted molar refractivity (Wildman–Crippen MR) is 68.0 cm³/mol. The summed E-state index contributed by atoms with van der Waals surface area (Å²) in [6.07, 6.45) is 3.56. The highest BCUT2D eigenvalue weighted by Crippen LogP contribution is 2.38. The zero-order valence-corrected chi connectivity index (χ0v) is 10.3. The van der Waals surface area contributed by atoms with Gasteiger partial charge in [0, 0.05) is 18.3 Å². The van der Waals surface area contributed by atoms with E-state index in [9.17, 15) is 4.79 Å². The van der Waals surface area contributed by atoms with E-state index in [2.05, 4.69) is 0 Å². The van der Waals surface area contributed by atoms with E-state index in [-0.39, 0.29) is 5.91 Å². The van der Waals surface area contributed by atoms with Crippen molar-refractivity contribution < 1.29 is 4.79 Å². The molecule has 0 radical (unpaired) electrons. The second-order valence-electron chi connectivity index (χ2n) is 5.03. The molecule has 3 nitrogen and oxygen atoms in total. The fourth-order valence-electron chi connectivity index (χ4n) is 3.03. The molecule has 0 spiro atoms. The van der Waals surface area contributed by atoms with Crippen LogP contribution in [-0.4, -0.2) is 23.4 Å². The Bertz CT molecular complexity index is 474. The standard InChI is InChI=1S/C13H15ClN2O/c14-12-4-2-9(15)6-11(12)13(17)16-7-8-1-3-10(16)5-8/h2,4,6,8,10H,1,3,5,7,15H2. The number of carbonyl (C=O) groups is 1. The van der Waals surface area contributed by atoms with Crippen LogP contribution >= 0.6 is 11.6 Å². The summed E-state index contributed by atoms with van der Waals surface area (Å²) in [5.41, 5.74) is 6.84. The van der Waals surface area contributed by atoms with Gasteiger partial charge in [-0.1, -0.05) is 11.6 Å². The Kier molecular flexibility index (Phi) is 2.51. The Morgan fingerprint density at radius 1 is 1.41 bits per heavy atom. The maximum atomic E-state index is 12.4. The van der Waals surface area contributed by atoms with Gasteiger partial charge < -0.3 is 10.6 Å². The van der Waals surface area contributed by atoms with Crippen molar-refractivity contribution in [3.8, 4) is 0 Å². The number of nitrogens with zero attached hydrogens (tertiary/aromatic N) is 1. The molecule has 2 bridgehead atoms. The first-order valence-corrected chi connectivity index (χ1v) is 6.39. The van der Waals surface area contributed by atoms with Crippen molar-refractivity contribution in [3.63, 3.8) is 0 Å². The molecular weight excluding hydrogens is 236 g/mol. The summed E-state index contributed by atoms with van der Waals surface area (Å²) in [6, 6.07) is 5.51. The minimum atomic E-state index is 0.0366. The van der Waals surface area contributed by atoms with Gasteiger partial charge in [-0.2, -0.15) is 0 Å². The molecule has 1 aromatic rings. The number of nitrogens with two attached hydrogens (primary N) is 1.